The summed E-state index contributed by atoms with van der Waals surface area (Å²) in [5.74, 6) is 0.621. The van der Waals surface area contributed by atoms with Gasteiger partial charge in [0.25, 0.3) is 5.91 Å². The van der Waals surface area contributed by atoms with Gasteiger partial charge in [0.2, 0.25) is 0 Å². The molecule has 0 aliphatic carbocycles. The molecule has 0 bridgehead atoms. The Morgan fingerprint density at radius 2 is 1.75 bits per heavy atom. The molecule has 0 unspecified atom stereocenters. The zero-order valence-corrected chi connectivity index (χ0v) is 14.5. The summed E-state index contributed by atoms with van der Waals surface area (Å²) in [6, 6.07) is 17.2. The van der Waals surface area contributed by atoms with Crippen molar-refractivity contribution in [2.45, 2.75) is 6.42 Å². The molecule has 3 aromatic rings. The van der Waals surface area contributed by atoms with Gasteiger partial charge in [-0.2, -0.15) is 0 Å². The second-order valence-corrected chi connectivity index (χ2v) is 6.21. The predicted molar refractivity (Wildman–Crippen MR) is 97.6 cm³/mol. The molecular formula is C19H16BrN3O. The van der Waals surface area contributed by atoms with E-state index in [0.717, 1.165) is 15.6 Å². The van der Waals surface area contributed by atoms with Gasteiger partial charge < -0.3 is 5.32 Å². The van der Waals surface area contributed by atoms with Crippen molar-refractivity contribution in [2.24, 2.45) is 0 Å². The van der Waals surface area contributed by atoms with E-state index in [1.807, 2.05) is 42.5 Å². The molecule has 0 radical (unpaired) electrons. The maximum atomic E-state index is 12.1. The molecule has 3 rings (SSSR count). The van der Waals surface area contributed by atoms with E-state index in [-0.39, 0.29) is 5.91 Å². The van der Waals surface area contributed by atoms with Crippen molar-refractivity contribution >= 4 is 21.8 Å². The van der Waals surface area contributed by atoms with E-state index in [1.165, 1.54) is 0 Å². The molecule has 0 fully saturated rings. The number of benzene rings is 2. The van der Waals surface area contributed by atoms with Crippen LogP contribution in [-0.2, 0) is 6.42 Å². The predicted octanol–water partition coefficient (Wildman–Crippen LogP) is 3.88. The molecule has 1 N–H and O–H groups in total. The Balaban J connectivity index is 1.55. The first-order valence-electron chi connectivity index (χ1n) is 7.62. The van der Waals surface area contributed by atoms with Gasteiger partial charge in [-0.05, 0) is 30.2 Å². The van der Waals surface area contributed by atoms with Gasteiger partial charge in [-0.1, -0.05) is 52.3 Å². The molecular weight excluding hydrogens is 366 g/mol. The van der Waals surface area contributed by atoms with Gasteiger partial charge in [-0.15, -0.1) is 0 Å². The van der Waals surface area contributed by atoms with Gasteiger partial charge in [-0.3, -0.25) is 4.79 Å². The van der Waals surface area contributed by atoms with E-state index in [0.29, 0.717) is 24.4 Å². The van der Waals surface area contributed by atoms with Crippen molar-refractivity contribution in [1.82, 2.24) is 15.3 Å². The fraction of sp³-hybridized carbons (Fsp3) is 0.105. The molecule has 0 spiro atoms. The molecule has 1 amide bonds. The van der Waals surface area contributed by atoms with Crippen LogP contribution in [0.25, 0.3) is 11.4 Å². The van der Waals surface area contributed by atoms with Gasteiger partial charge in [0.1, 0.15) is 0 Å². The molecule has 5 heteroatoms. The first-order chi connectivity index (χ1) is 11.7. The van der Waals surface area contributed by atoms with Gasteiger partial charge in [0.05, 0.1) is 0 Å². The van der Waals surface area contributed by atoms with Crippen LogP contribution in [0.2, 0.25) is 0 Å². The van der Waals surface area contributed by atoms with Gasteiger partial charge >= 0.3 is 0 Å². The van der Waals surface area contributed by atoms with Crippen LogP contribution < -0.4 is 5.32 Å². The second kappa shape index (κ2) is 7.84. The summed E-state index contributed by atoms with van der Waals surface area (Å²) in [5.41, 5.74) is 2.62. The highest BCUT2D eigenvalue weighted by Crippen LogP contribution is 2.13. The van der Waals surface area contributed by atoms with Crippen molar-refractivity contribution in [2.75, 3.05) is 6.54 Å². The molecule has 24 heavy (non-hydrogen) atoms. The molecule has 0 aliphatic heterocycles. The molecule has 0 atom stereocenters. The first kappa shape index (κ1) is 16.3. The Bertz CT molecular complexity index is 820. The average molecular weight is 382 g/mol. The normalized spacial score (nSPS) is 10.4. The lowest BCUT2D eigenvalue weighted by Gasteiger charge is -2.06. The van der Waals surface area contributed by atoms with Crippen LogP contribution in [0.4, 0.5) is 0 Å². The summed E-state index contributed by atoms with van der Waals surface area (Å²) in [5, 5.41) is 2.91. The Morgan fingerprint density at radius 1 is 1.00 bits per heavy atom. The van der Waals surface area contributed by atoms with Crippen LogP contribution in [0.1, 0.15) is 15.9 Å². The van der Waals surface area contributed by atoms with Crippen LogP contribution >= 0.6 is 15.9 Å². The van der Waals surface area contributed by atoms with Crippen LogP contribution in [0, 0.1) is 0 Å². The monoisotopic (exact) mass is 381 g/mol. The molecule has 1 heterocycles. The van der Waals surface area contributed by atoms with Crippen LogP contribution in [0.15, 0.2) is 71.5 Å². The standard InChI is InChI=1S/C19H16BrN3O/c20-17-8-4-7-16(11-17)19(24)21-10-9-14-12-22-18(23-13-14)15-5-2-1-3-6-15/h1-8,11-13H,9-10H2,(H,21,24). The van der Waals surface area contributed by atoms with Gasteiger partial charge in [0, 0.05) is 34.5 Å². The fourth-order valence-corrected chi connectivity index (χ4v) is 2.67. The number of carbonyl (C=O) groups is 1. The third kappa shape index (κ3) is 4.26. The van der Waals surface area contributed by atoms with Gasteiger partial charge in [0.15, 0.2) is 5.82 Å². The maximum Gasteiger partial charge on any atom is 0.251 e. The number of rotatable bonds is 5. The van der Waals surface area contributed by atoms with Gasteiger partial charge in [-0.25, -0.2) is 9.97 Å². The van der Waals surface area contributed by atoms with Crippen LogP contribution in [0.3, 0.4) is 0 Å². The number of nitrogens with zero attached hydrogens (tertiary/aromatic N) is 2. The van der Waals surface area contributed by atoms with E-state index >= 15 is 0 Å². The third-order valence-electron chi connectivity index (χ3n) is 3.52. The van der Waals surface area contributed by atoms with Crippen molar-refractivity contribution in [1.29, 1.82) is 0 Å². The minimum atomic E-state index is -0.0851. The summed E-state index contributed by atoms with van der Waals surface area (Å²) in [6.45, 7) is 0.541. The third-order valence-corrected chi connectivity index (χ3v) is 4.02. The molecule has 120 valence electrons. The van der Waals surface area contributed by atoms with Crippen molar-refractivity contribution in [3.8, 4) is 11.4 Å². The van der Waals surface area contributed by atoms with E-state index in [9.17, 15) is 4.79 Å². The Kier molecular flexibility index (Phi) is 5.33. The number of hydrogen-bond acceptors (Lipinski definition) is 3. The molecule has 4 nitrogen and oxygen atoms in total. The minimum Gasteiger partial charge on any atom is -0.352 e. The van der Waals surface area contributed by atoms with Crippen LogP contribution in [-0.4, -0.2) is 22.4 Å². The highest BCUT2D eigenvalue weighted by atomic mass is 79.9. The second-order valence-electron chi connectivity index (χ2n) is 5.30. The maximum absolute atomic E-state index is 12.1. The zero-order valence-electron chi connectivity index (χ0n) is 12.9. The summed E-state index contributed by atoms with van der Waals surface area (Å²) in [4.78, 5) is 20.8. The lowest BCUT2D eigenvalue weighted by molar-refractivity contribution is 0.0954. The number of aromatic nitrogens is 2. The van der Waals surface area contributed by atoms with Crippen molar-refractivity contribution in [3.05, 3.63) is 82.6 Å². The van der Waals surface area contributed by atoms with E-state index in [1.54, 1.807) is 24.5 Å². The SMILES string of the molecule is O=C(NCCc1cnc(-c2ccccc2)nc1)c1cccc(Br)c1. The first-order valence-corrected chi connectivity index (χ1v) is 8.42. The lowest BCUT2D eigenvalue weighted by atomic mass is 10.2. The Hall–Kier alpha value is -2.53. The summed E-state index contributed by atoms with van der Waals surface area (Å²) in [6.07, 6.45) is 4.30. The molecule has 0 saturated carbocycles. The smallest absolute Gasteiger partial charge is 0.251 e. The minimum absolute atomic E-state index is 0.0851. The number of amides is 1. The Morgan fingerprint density at radius 3 is 2.46 bits per heavy atom. The van der Waals surface area contributed by atoms with E-state index in [2.05, 4.69) is 31.2 Å². The van der Waals surface area contributed by atoms with Crippen molar-refractivity contribution < 1.29 is 4.79 Å². The zero-order chi connectivity index (χ0) is 16.8. The summed E-state index contributed by atoms with van der Waals surface area (Å²) < 4.78 is 0.889. The number of hydrogen-bond donors (Lipinski definition) is 1. The summed E-state index contributed by atoms with van der Waals surface area (Å²) >= 11 is 3.36. The molecule has 0 saturated heterocycles. The molecule has 1 aromatic heterocycles. The highest BCUT2D eigenvalue weighted by Gasteiger charge is 2.06. The average Bonchev–Trinajstić information content (AvgIpc) is 2.63. The lowest BCUT2D eigenvalue weighted by Crippen LogP contribution is -2.25. The fourth-order valence-electron chi connectivity index (χ4n) is 2.27. The highest BCUT2D eigenvalue weighted by molar-refractivity contribution is 9.10. The van der Waals surface area contributed by atoms with E-state index < -0.39 is 0 Å². The largest absolute Gasteiger partial charge is 0.352 e. The quantitative estimate of drug-likeness (QED) is 0.729. The molecule has 2 aromatic carbocycles. The summed E-state index contributed by atoms with van der Waals surface area (Å²) in [7, 11) is 0. The number of nitrogens with one attached hydrogen (secondary N) is 1. The number of halogens is 1. The van der Waals surface area contributed by atoms with E-state index in [4.69, 9.17) is 0 Å². The Labute approximate surface area is 149 Å². The number of carbonyl (C=O) groups excluding carboxylic acids is 1. The van der Waals surface area contributed by atoms with Crippen molar-refractivity contribution in [3.63, 3.8) is 0 Å². The molecule has 0 aliphatic rings. The topological polar surface area (TPSA) is 54.9 Å². The van der Waals surface area contributed by atoms with Crippen LogP contribution in [0.5, 0.6) is 0 Å².